The molecule has 1 aliphatic rings. The molecule has 24 heavy (non-hydrogen) atoms. The lowest BCUT2D eigenvalue weighted by atomic mass is 10.1. The number of rotatable bonds is 6. The number of benzene rings is 1. The molecule has 0 aliphatic carbocycles. The van der Waals surface area contributed by atoms with Gasteiger partial charge in [-0.2, -0.15) is 0 Å². The summed E-state index contributed by atoms with van der Waals surface area (Å²) < 4.78 is 0. The number of non-ortho nitro benzene ring substituents is 1. The predicted molar refractivity (Wildman–Crippen MR) is 93.2 cm³/mol. The molecular formula is C16H25N5O3. The number of nitrogens with one attached hydrogen (secondary N) is 2. The summed E-state index contributed by atoms with van der Waals surface area (Å²) in [4.78, 5) is 26.8. The smallest absolute Gasteiger partial charge is 0.319 e. The molecule has 0 bridgehead atoms. The summed E-state index contributed by atoms with van der Waals surface area (Å²) in [6.45, 7) is 7.97. The van der Waals surface area contributed by atoms with E-state index >= 15 is 0 Å². The van der Waals surface area contributed by atoms with Crippen LogP contribution in [0.5, 0.6) is 0 Å². The van der Waals surface area contributed by atoms with E-state index in [1.807, 2.05) is 0 Å². The number of amides is 2. The number of carbonyl (C=O) groups is 1. The second kappa shape index (κ2) is 8.60. The van der Waals surface area contributed by atoms with Crippen molar-refractivity contribution in [2.75, 3.05) is 51.6 Å². The average molecular weight is 335 g/mol. The topological polar surface area (TPSA) is 90.7 Å². The Hall–Kier alpha value is -2.19. The minimum atomic E-state index is -0.468. The Morgan fingerprint density at radius 1 is 1.25 bits per heavy atom. The first-order valence-electron chi connectivity index (χ1n) is 8.14. The molecule has 1 saturated heterocycles. The monoisotopic (exact) mass is 335 g/mol. The van der Waals surface area contributed by atoms with Gasteiger partial charge in [-0.3, -0.25) is 10.1 Å². The van der Waals surface area contributed by atoms with Crippen LogP contribution in [0.15, 0.2) is 24.3 Å². The highest BCUT2D eigenvalue weighted by Gasteiger charge is 2.16. The third kappa shape index (κ3) is 5.78. The largest absolute Gasteiger partial charge is 0.338 e. The molecular weight excluding hydrogens is 310 g/mol. The second-order valence-corrected chi connectivity index (χ2v) is 6.35. The molecule has 1 aliphatic heterocycles. The lowest BCUT2D eigenvalue weighted by Crippen LogP contribution is -2.47. The van der Waals surface area contributed by atoms with E-state index in [4.69, 9.17) is 0 Å². The van der Waals surface area contributed by atoms with Crippen molar-refractivity contribution in [3.8, 4) is 0 Å². The second-order valence-electron chi connectivity index (χ2n) is 6.35. The fourth-order valence-electron chi connectivity index (χ4n) is 2.64. The highest BCUT2D eigenvalue weighted by Crippen LogP contribution is 2.15. The van der Waals surface area contributed by atoms with Gasteiger partial charge in [0, 0.05) is 57.1 Å². The average Bonchev–Trinajstić information content (AvgIpc) is 2.55. The van der Waals surface area contributed by atoms with Gasteiger partial charge in [-0.25, -0.2) is 4.79 Å². The molecule has 132 valence electrons. The number of hydrogen-bond donors (Lipinski definition) is 2. The van der Waals surface area contributed by atoms with Gasteiger partial charge in [-0.05, 0) is 25.1 Å². The molecule has 0 spiro atoms. The summed E-state index contributed by atoms with van der Waals surface area (Å²) in [5.41, 5.74) is 0.534. The van der Waals surface area contributed by atoms with Crippen LogP contribution in [0.1, 0.15) is 6.92 Å². The van der Waals surface area contributed by atoms with E-state index in [-0.39, 0.29) is 11.7 Å². The lowest BCUT2D eigenvalue weighted by molar-refractivity contribution is -0.384. The zero-order chi connectivity index (χ0) is 17.5. The first-order chi connectivity index (χ1) is 11.4. The van der Waals surface area contributed by atoms with Crippen LogP contribution < -0.4 is 10.6 Å². The van der Waals surface area contributed by atoms with E-state index in [0.717, 1.165) is 32.7 Å². The zero-order valence-electron chi connectivity index (χ0n) is 14.2. The fourth-order valence-corrected chi connectivity index (χ4v) is 2.64. The molecule has 0 radical (unpaired) electrons. The van der Waals surface area contributed by atoms with Crippen LogP contribution in [-0.4, -0.2) is 67.1 Å². The molecule has 1 unspecified atom stereocenters. The third-order valence-corrected chi connectivity index (χ3v) is 4.11. The van der Waals surface area contributed by atoms with E-state index in [9.17, 15) is 14.9 Å². The number of nitrogens with zero attached hydrogens (tertiary/aromatic N) is 3. The van der Waals surface area contributed by atoms with Crippen molar-refractivity contribution in [1.82, 2.24) is 15.1 Å². The summed E-state index contributed by atoms with van der Waals surface area (Å²) in [6.07, 6.45) is 0. The normalized spacial score (nSPS) is 17.2. The van der Waals surface area contributed by atoms with Crippen LogP contribution in [0.4, 0.5) is 16.2 Å². The van der Waals surface area contributed by atoms with Crippen molar-refractivity contribution in [2.24, 2.45) is 5.92 Å². The molecule has 1 fully saturated rings. The van der Waals surface area contributed by atoms with E-state index in [0.29, 0.717) is 18.2 Å². The third-order valence-electron chi connectivity index (χ3n) is 4.11. The SMILES string of the molecule is CC(CNC(=O)Nc1ccc([N+](=O)[O-])cc1)CN1CCN(C)CC1. The van der Waals surface area contributed by atoms with E-state index in [1.54, 1.807) is 0 Å². The Morgan fingerprint density at radius 2 is 1.88 bits per heavy atom. The van der Waals surface area contributed by atoms with Crippen LogP contribution >= 0.6 is 0 Å². The van der Waals surface area contributed by atoms with Crippen molar-refractivity contribution in [2.45, 2.75) is 6.92 Å². The van der Waals surface area contributed by atoms with Crippen molar-refractivity contribution in [1.29, 1.82) is 0 Å². The van der Waals surface area contributed by atoms with Gasteiger partial charge in [0.05, 0.1) is 4.92 Å². The molecule has 2 N–H and O–H groups in total. The van der Waals surface area contributed by atoms with Gasteiger partial charge in [0.1, 0.15) is 0 Å². The Morgan fingerprint density at radius 3 is 2.46 bits per heavy atom. The van der Waals surface area contributed by atoms with Crippen LogP contribution in [0.3, 0.4) is 0 Å². The maximum atomic E-state index is 11.9. The summed E-state index contributed by atoms with van der Waals surface area (Å²) >= 11 is 0. The summed E-state index contributed by atoms with van der Waals surface area (Å²) in [5, 5.41) is 16.1. The summed E-state index contributed by atoms with van der Waals surface area (Å²) in [6, 6.07) is 5.47. The molecule has 1 heterocycles. The molecule has 0 aromatic heterocycles. The zero-order valence-corrected chi connectivity index (χ0v) is 14.2. The molecule has 2 amide bonds. The summed E-state index contributed by atoms with van der Waals surface area (Å²) in [7, 11) is 2.13. The Bertz CT molecular complexity index is 555. The minimum Gasteiger partial charge on any atom is -0.338 e. The molecule has 1 aromatic rings. The Balaban J connectivity index is 1.69. The Kier molecular flexibility index (Phi) is 6.51. The Labute approximate surface area is 142 Å². The maximum Gasteiger partial charge on any atom is 0.319 e. The van der Waals surface area contributed by atoms with Crippen molar-refractivity contribution < 1.29 is 9.72 Å². The summed E-state index contributed by atoms with van der Waals surface area (Å²) in [5.74, 6) is 0.357. The highest BCUT2D eigenvalue weighted by atomic mass is 16.6. The van der Waals surface area contributed by atoms with E-state index in [2.05, 4.69) is 34.4 Å². The van der Waals surface area contributed by atoms with Gasteiger partial charge in [-0.15, -0.1) is 0 Å². The number of hydrogen-bond acceptors (Lipinski definition) is 5. The van der Waals surface area contributed by atoms with E-state index < -0.39 is 4.92 Å². The highest BCUT2D eigenvalue weighted by molar-refractivity contribution is 5.89. The number of carbonyl (C=O) groups excluding carboxylic acids is 1. The van der Waals surface area contributed by atoms with Gasteiger partial charge in [0.25, 0.3) is 5.69 Å². The quantitative estimate of drug-likeness (QED) is 0.609. The van der Waals surface area contributed by atoms with Crippen LogP contribution in [0.25, 0.3) is 0 Å². The number of piperazine rings is 1. The number of nitro groups is 1. The van der Waals surface area contributed by atoms with Gasteiger partial charge in [-0.1, -0.05) is 6.92 Å². The van der Waals surface area contributed by atoms with Gasteiger partial charge >= 0.3 is 6.03 Å². The number of urea groups is 1. The predicted octanol–water partition coefficient (Wildman–Crippen LogP) is 1.60. The maximum absolute atomic E-state index is 11.9. The van der Waals surface area contributed by atoms with Crippen LogP contribution in [-0.2, 0) is 0 Å². The first kappa shape index (κ1) is 18.2. The van der Waals surface area contributed by atoms with Crippen LogP contribution in [0, 0.1) is 16.0 Å². The molecule has 8 nitrogen and oxygen atoms in total. The van der Waals surface area contributed by atoms with Gasteiger partial charge in [0.2, 0.25) is 0 Å². The van der Waals surface area contributed by atoms with Crippen molar-refractivity contribution >= 4 is 17.4 Å². The minimum absolute atomic E-state index is 0.00163. The first-order valence-corrected chi connectivity index (χ1v) is 8.14. The molecule has 0 saturated carbocycles. The molecule has 1 atom stereocenters. The lowest BCUT2D eigenvalue weighted by Gasteiger charge is -2.33. The van der Waals surface area contributed by atoms with Gasteiger partial charge < -0.3 is 20.4 Å². The van der Waals surface area contributed by atoms with Crippen molar-refractivity contribution in [3.63, 3.8) is 0 Å². The van der Waals surface area contributed by atoms with Crippen LogP contribution in [0.2, 0.25) is 0 Å². The van der Waals surface area contributed by atoms with E-state index in [1.165, 1.54) is 24.3 Å². The van der Waals surface area contributed by atoms with Gasteiger partial charge in [0.15, 0.2) is 0 Å². The molecule has 8 heteroatoms. The number of likely N-dealkylation sites (N-methyl/N-ethyl adjacent to an activating group) is 1. The number of anilines is 1. The molecule has 2 rings (SSSR count). The molecule has 1 aromatic carbocycles. The van der Waals surface area contributed by atoms with Crippen molar-refractivity contribution in [3.05, 3.63) is 34.4 Å². The standard InChI is InChI=1S/C16H25N5O3/c1-13(12-20-9-7-19(2)8-10-20)11-17-16(22)18-14-3-5-15(6-4-14)21(23)24/h3-6,13H,7-12H2,1-2H3,(H2,17,18,22). The number of nitro benzene ring substituents is 1. The fraction of sp³-hybridized carbons (Fsp3) is 0.562.